The van der Waals surface area contributed by atoms with Crippen molar-refractivity contribution in [3.63, 3.8) is 0 Å². The number of benzene rings is 4. The number of allylic oxidation sites excluding steroid dienone is 6. The summed E-state index contributed by atoms with van der Waals surface area (Å²) < 4.78 is 6.63. The van der Waals surface area contributed by atoms with E-state index >= 15 is 0 Å². The molecular weight excluding hydrogens is 601 g/mol. The van der Waals surface area contributed by atoms with Gasteiger partial charge in [0.15, 0.2) is 0 Å². The normalized spacial score (nSPS) is 16.2. The number of para-hydroxylation sites is 1. The third-order valence-electron chi connectivity index (χ3n) is 9.70. The summed E-state index contributed by atoms with van der Waals surface area (Å²) in [5.74, 6) is 0.964. The molecule has 2 heterocycles. The predicted octanol–water partition coefficient (Wildman–Crippen LogP) is 12.6. The van der Waals surface area contributed by atoms with E-state index in [4.69, 9.17) is 9.51 Å². The molecule has 4 aromatic carbocycles. The molecule has 0 saturated carbocycles. The van der Waals surface area contributed by atoms with E-state index in [2.05, 4.69) is 144 Å². The molecule has 2 bridgehead atoms. The second kappa shape index (κ2) is 13.5. The van der Waals surface area contributed by atoms with E-state index in [1.165, 1.54) is 66.5 Å². The van der Waals surface area contributed by atoms with Crippen molar-refractivity contribution in [2.24, 2.45) is 0 Å². The second-order valence-electron chi connectivity index (χ2n) is 14.0. The Bertz CT molecular complexity index is 2080. The molecule has 1 atom stereocenters. The Hall–Kier alpha value is -4.52. The summed E-state index contributed by atoms with van der Waals surface area (Å²) in [7, 11) is 0.245. The Labute approximate surface area is 288 Å². The Morgan fingerprint density at radius 1 is 0.708 bits per heavy atom. The number of fused-ring (bicyclic) bond motifs is 5. The van der Waals surface area contributed by atoms with Crippen molar-refractivity contribution in [2.45, 2.75) is 65.7 Å². The molecule has 1 aliphatic carbocycles. The van der Waals surface area contributed by atoms with Crippen LogP contribution in [0.1, 0.15) is 80.3 Å². The molecule has 2 aliphatic rings. The molecule has 0 radical (unpaired) electrons. The Morgan fingerprint density at radius 2 is 1.44 bits per heavy atom. The maximum Gasteiger partial charge on any atom is 0.130 e. The van der Waals surface area contributed by atoms with Crippen LogP contribution >= 0.6 is 8.81 Å². The minimum Gasteiger partial charge on any atom is -0.472 e. The fraction of sp³-hybridized carbons (Fsp3) is 0.222. The highest BCUT2D eigenvalue weighted by atomic mass is 31.1. The Balaban J connectivity index is 1.47. The lowest BCUT2D eigenvalue weighted by Gasteiger charge is -2.26. The third kappa shape index (κ3) is 6.35. The number of aromatic nitrogens is 1. The van der Waals surface area contributed by atoms with Gasteiger partial charge in [-0.1, -0.05) is 125 Å². The number of pyridine rings is 1. The lowest BCUT2D eigenvalue weighted by molar-refractivity contribution is 0.590. The zero-order valence-electron chi connectivity index (χ0n) is 28.7. The third-order valence-corrected chi connectivity index (χ3v) is 10.8. The molecule has 1 aliphatic heterocycles. The number of nitrogens with zero attached hydrogens (tertiary/aromatic N) is 1. The smallest absolute Gasteiger partial charge is 0.130 e. The lowest BCUT2D eigenvalue weighted by Crippen LogP contribution is -2.11. The number of rotatable bonds is 6. The highest BCUT2D eigenvalue weighted by Gasteiger charge is 2.24. The van der Waals surface area contributed by atoms with Crippen LogP contribution in [-0.2, 0) is 11.8 Å². The highest BCUT2D eigenvalue weighted by molar-refractivity contribution is 7.38. The van der Waals surface area contributed by atoms with Crippen LogP contribution in [0.4, 0.5) is 0 Å². The average Bonchev–Trinajstić information content (AvgIpc) is 3.08. The summed E-state index contributed by atoms with van der Waals surface area (Å²) >= 11 is 0. The minimum absolute atomic E-state index is 0.0748. The van der Waals surface area contributed by atoms with Gasteiger partial charge in [-0.15, -0.1) is 0 Å². The van der Waals surface area contributed by atoms with Crippen molar-refractivity contribution in [1.82, 2.24) is 4.98 Å². The number of hydrogen-bond acceptors (Lipinski definition) is 2. The van der Waals surface area contributed by atoms with E-state index < -0.39 is 0 Å². The van der Waals surface area contributed by atoms with Crippen molar-refractivity contribution in [1.29, 1.82) is 0 Å². The van der Waals surface area contributed by atoms with E-state index in [1.54, 1.807) is 0 Å². The molecule has 0 saturated heterocycles. The Morgan fingerprint density at radius 3 is 2.21 bits per heavy atom. The first-order chi connectivity index (χ1) is 23.3. The number of aryl methyl sites for hydroxylation is 1. The van der Waals surface area contributed by atoms with E-state index in [0.29, 0.717) is 0 Å². The zero-order valence-corrected chi connectivity index (χ0v) is 29.7. The van der Waals surface area contributed by atoms with Gasteiger partial charge in [0, 0.05) is 17.3 Å². The standard InChI is InChI=1S/C45H44NOP/c1-6-14-31-22-24-34(45(3,4)5)29-40(31)35-18-13-19-36(30(35)2)41-28-33(37-15-7-8-17-39(37)42-20-11-12-26-46-42)27-32-23-25-44(41)48-47-43-21-10-9-16-38(32)43/h7-13,15-22,24,26-29,48H,6,14,23,25H2,1-5H3/b32-27+,33-28?,44-41?. The van der Waals surface area contributed by atoms with Gasteiger partial charge in [-0.25, -0.2) is 0 Å². The summed E-state index contributed by atoms with van der Waals surface area (Å²) in [5, 5.41) is 1.36. The van der Waals surface area contributed by atoms with Crippen molar-refractivity contribution in [3.05, 3.63) is 160 Å². The lowest BCUT2D eigenvalue weighted by atomic mass is 9.81. The summed E-state index contributed by atoms with van der Waals surface area (Å²) in [4.78, 5) is 4.77. The first kappa shape index (κ1) is 32.0. The fourth-order valence-electron chi connectivity index (χ4n) is 7.07. The molecule has 5 aromatic rings. The van der Waals surface area contributed by atoms with Crippen molar-refractivity contribution >= 4 is 25.5 Å². The first-order valence-corrected chi connectivity index (χ1v) is 18.1. The minimum atomic E-state index is 0.0748. The van der Waals surface area contributed by atoms with Crippen LogP contribution in [0.2, 0.25) is 0 Å². The van der Waals surface area contributed by atoms with Crippen LogP contribution in [0.5, 0.6) is 5.75 Å². The van der Waals surface area contributed by atoms with Gasteiger partial charge >= 0.3 is 0 Å². The number of hydrogen-bond donors (Lipinski definition) is 0. The van der Waals surface area contributed by atoms with Crippen molar-refractivity contribution in [2.75, 3.05) is 0 Å². The van der Waals surface area contributed by atoms with Gasteiger partial charge in [-0.05, 0) is 117 Å². The zero-order chi connectivity index (χ0) is 33.3. The van der Waals surface area contributed by atoms with Gasteiger partial charge in [0.25, 0.3) is 0 Å². The van der Waals surface area contributed by atoms with Gasteiger partial charge in [-0.3, -0.25) is 4.98 Å². The fourth-order valence-corrected chi connectivity index (χ4v) is 8.03. The van der Waals surface area contributed by atoms with Crippen LogP contribution in [0.25, 0.3) is 39.1 Å². The molecule has 0 spiro atoms. The maximum absolute atomic E-state index is 6.63. The summed E-state index contributed by atoms with van der Waals surface area (Å²) in [6.07, 6.45) is 10.8. The van der Waals surface area contributed by atoms with Gasteiger partial charge in [0.1, 0.15) is 14.6 Å². The van der Waals surface area contributed by atoms with Gasteiger partial charge < -0.3 is 4.52 Å². The quantitative estimate of drug-likeness (QED) is 0.171. The van der Waals surface area contributed by atoms with Crippen LogP contribution in [0.15, 0.2) is 127 Å². The van der Waals surface area contributed by atoms with E-state index in [1.807, 2.05) is 12.3 Å². The monoisotopic (exact) mass is 645 g/mol. The molecule has 240 valence electrons. The van der Waals surface area contributed by atoms with Crippen LogP contribution in [0, 0.1) is 6.92 Å². The maximum atomic E-state index is 6.63. The molecule has 48 heavy (non-hydrogen) atoms. The summed E-state index contributed by atoms with van der Waals surface area (Å²) in [6, 6.07) is 37.4. The van der Waals surface area contributed by atoms with Gasteiger partial charge in [-0.2, -0.15) is 0 Å². The molecule has 1 unspecified atom stereocenters. The molecule has 0 fully saturated rings. The van der Waals surface area contributed by atoms with E-state index in [0.717, 1.165) is 42.7 Å². The Kier molecular flexibility index (Phi) is 9.04. The summed E-state index contributed by atoms with van der Waals surface area (Å²) in [6.45, 7) is 11.5. The first-order valence-electron chi connectivity index (χ1n) is 17.2. The molecule has 1 aromatic heterocycles. The molecule has 3 heteroatoms. The average molecular weight is 646 g/mol. The molecular formula is C45H44NOP. The molecule has 7 rings (SSSR count). The van der Waals surface area contributed by atoms with Crippen molar-refractivity contribution in [3.8, 4) is 28.1 Å². The van der Waals surface area contributed by atoms with Gasteiger partial charge in [0.2, 0.25) is 0 Å². The molecule has 0 amide bonds. The molecule has 2 nitrogen and oxygen atoms in total. The second-order valence-corrected chi connectivity index (χ2v) is 15.0. The van der Waals surface area contributed by atoms with Crippen LogP contribution < -0.4 is 4.52 Å². The van der Waals surface area contributed by atoms with Gasteiger partial charge in [0.05, 0.1) is 5.69 Å². The molecule has 0 N–H and O–H groups in total. The largest absolute Gasteiger partial charge is 0.472 e. The van der Waals surface area contributed by atoms with Crippen molar-refractivity contribution < 1.29 is 4.52 Å². The topological polar surface area (TPSA) is 22.1 Å². The SMILES string of the molecule is CCCc1ccc(C(C)(C)C)cc1-c1cccc(C2=C3CC/C(=C\C(c4ccccc4-c4ccccn4)=C2)c2ccccc2OP3)c1C. The van der Waals surface area contributed by atoms with Crippen LogP contribution in [-0.4, -0.2) is 4.98 Å². The highest BCUT2D eigenvalue weighted by Crippen LogP contribution is 2.49. The van der Waals surface area contributed by atoms with Crippen LogP contribution in [0.3, 0.4) is 0 Å². The van der Waals surface area contributed by atoms with E-state index in [9.17, 15) is 0 Å². The summed E-state index contributed by atoms with van der Waals surface area (Å²) in [5.41, 5.74) is 16.4. The predicted molar refractivity (Wildman–Crippen MR) is 206 cm³/mol. The van der Waals surface area contributed by atoms with E-state index in [-0.39, 0.29) is 14.2 Å².